The molecule has 3 atom stereocenters. The zero-order valence-corrected chi connectivity index (χ0v) is 32.6. The van der Waals surface area contributed by atoms with Gasteiger partial charge in [-0.3, -0.25) is 0 Å². The van der Waals surface area contributed by atoms with Gasteiger partial charge in [-0.2, -0.15) is 0 Å². The molecule has 0 saturated carbocycles. The summed E-state index contributed by atoms with van der Waals surface area (Å²) >= 11 is 3.66. The topological polar surface area (TPSA) is 79.2 Å². The zero-order valence-electron chi connectivity index (χ0n) is 30.9. The van der Waals surface area contributed by atoms with Gasteiger partial charge < -0.3 is 24.8 Å². The van der Waals surface area contributed by atoms with Crippen molar-refractivity contribution in [2.45, 2.75) is 171 Å². The minimum atomic E-state index is -0.951. The van der Waals surface area contributed by atoms with Gasteiger partial charge in [-0.05, 0) is 73.6 Å². The Balaban J connectivity index is 2.60. The van der Waals surface area contributed by atoms with E-state index in [1.165, 1.54) is 4.90 Å². The summed E-state index contributed by atoms with van der Waals surface area (Å²) in [5.41, 5.74) is 3.39. The van der Waals surface area contributed by atoms with Gasteiger partial charge in [-0.1, -0.05) is 83.1 Å². The molecular formula is C38H62O5S2. The second kappa shape index (κ2) is 14.4. The number of phenols is 1. The molecule has 256 valence electrons. The Kier molecular flexibility index (Phi) is 12.7. The van der Waals surface area contributed by atoms with Crippen LogP contribution < -0.4 is 4.74 Å². The van der Waals surface area contributed by atoms with Crippen LogP contribution in [0.25, 0.3) is 0 Å². The average Bonchev–Trinajstić information content (AvgIpc) is 2.79. The maximum atomic E-state index is 11.3. The average molecular weight is 663 g/mol. The quantitative estimate of drug-likeness (QED) is 0.163. The molecule has 2 aromatic rings. The van der Waals surface area contributed by atoms with E-state index in [1.54, 1.807) is 13.8 Å². The van der Waals surface area contributed by atoms with Crippen LogP contribution in [0, 0.1) is 0 Å². The number of phenolic OH excluding ortho intramolecular Hbond substituents is 1. The standard InChI is InChI=1S/C38H62O5S2/c1-23(39)17-25(43-24(2)40)22-42-33-30(36(9,10)11)20-27(21-31(33)37(12,13)14)45-38(15,16)44-26-18-28(34(3,4)5)32(41)29(19-26)35(6,7)8/h18-21,23-25,39-41H,17,22H2,1-16H3. The van der Waals surface area contributed by atoms with Crippen molar-refractivity contribution in [2.75, 3.05) is 6.61 Å². The third-order valence-electron chi connectivity index (χ3n) is 7.51. The first-order valence-corrected chi connectivity index (χ1v) is 17.8. The van der Waals surface area contributed by atoms with E-state index in [9.17, 15) is 15.3 Å². The van der Waals surface area contributed by atoms with E-state index in [0.717, 1.165) is 32.9 Å². The summed E-state index contributed by atoms with van der Waals surface area (Å²) in [6, 6.07) is 8.84. The lowest BCUT2D eigenvalue weighted by atomic mass is 9.79. The number of aliphatic hydroxyl groups excluding tert-OH is 2. The van der Waals surface area contributed by atoms with Crippen molar-refractivity contribution < 1.29 is 24.8 Å². The van der Waals surface area contributed by atoms with Crippen molar-refractivity contribution in [3.63, 3.8) is 0 Å². The van der Waals surface area contributed by atoms with E-state index in [2.05, 4.69) is 121 Å². The summed E-state index contributed by atoms with van der Waals surface area (Å²) in [5, 5.41) is 31.2. The molecule has 0 aliphatic carbocycles. The van der Waals surface area contributed by atoms with Crippen LogP contribution in [0.4, 0.5) is 0 Å². The highest BCUT2D eigenvalue weighted by atomic mass is 32.2. The first kappa shape index (κ1) is 39.8. The molecule has 0 aliphatic heterocycles. The molecule has 45 heavy (non-hydrogen) atoms. The van der Waals surface area contributed by atoms with E-state index < -0.39 is 18.5 Å². The maximum absolute atomic E-state index is 11.3. The minimum absolute atomic E-state index is 0.189. The monoisotopic (exact) mass is 662 g/mol. The number of benzene rings is 2. The van der Waals surface area contributed by atoms with Crippen molar-refractivity contribution in [3.8, 4) is 11.5 Å². The molecule has 3 N–H and O–H groups in total. The fraction of sp³-hybridized carbons (Fsp3) is 0.684. The molecule has 2 rings (SSSR count). The molecule has 7 heteroatoms. The molecule has 3 unspecified atom stereocenters. The Bertz CT molecular complexity index is 1210. The van der Waals surface area contributed by atoms with Crippen LogP contribution in [0.2, 0.25) is 0 Å². The number of aromatic hydroxyl groups is 1. The minimum Gasteiger partial charge on any atom is -0.507 e. The largest absolute Gasteiger partial charge is 0.507 e. The molecular weight excluding hydrogens is 601 g/mol. The fourth-order valence-corrected chi connectivity index (χ4v) is 7.91. The second-order valence-corrected chi connectivity index (χ2v) is 20.7. The molecule has 0 heterocycles. The zero-order chi connectivity index (χ0) is 34.9. The van der Waals surface area contributed by atoms with Crippen molar-refractivity contribution >= 4 is 23.5 Å². The molecule has 0 aromatic heterocycles. The second-order valence-electron chi connectivity index (χ2n) is 17.1. The molecule has 2 aromatic carbocycles. The number of aliphatic hydroxyl groups is 2. The number of hydrogen-bond donors (Lipinski definition) is 3. The highest BCUT2D eigenvalue weighted by Gasteiger charge is 2.32. The van der Waals surface area contributed by atoms with E-state index >= 15 is 0 Å². The molecule has 5 nitrogen and oxygen atoms in total. The first-order valence-electron chi connectivity index (χ1n) is 16.2. The Morgan fingerprint density at radius 1 is 0.622 bits per heavy atom. The van der Waals surface area contributed by atoms with Crippen LogP contribution in [-0.2, 0) is 26.4 Å². The van der Waals surface area contributed by atoms with Crippen LogP contribution in [0.15, 0.2) is 34.1 Å². The first-order chi connectivity index (χ1) is 20.1. The van der Waals surface area contributed by atoms with Gasteiger partial charge in [-0.15, -0.1) is 23.5 Å². The molecule has 0 aliphatic rings. The van der Waals surface area contributed by atoms with E-state index in [4.69, 9.17) is 9.47 Å². The summed E-state index contributed by atoms with van der Waals surface area (Å²) in [4.78, 5) is 2.32. The lowest BCUT2D eigenvalue weighted by Crippen LogP contribution is -2.30. The lowest BCUT2D eigenvalue weighted by Gasteiger charge is -2.33. The maximum Gasteiger partial charge on any atom is 0.152 e. The normalized spacial score (nSPS) is 15.6. The van der Waals surface area contributed by atoms with Gasteiger partial charge in [0.25, 0.3) is 0 Å². The molecule has 0 radical (unpaired) electrons. The summed E-state index contributed by atoms with van der Waals surface area (Å²) in [6.07, 6.45) is -1.61. The van der Waals surface area contributed by atoms with E-state index in [1.807, 2.05) is 23.5 Å². The van der Waals surface area contributed by atoms with E-state index in [0.29, 0.717) is 12.2 Å². The Hall–Kier alpha value is -1.38. The van der Waals surface area contributed by atoms with Crippen LogP contribution in [0.5, 0.6) is 11.5 Å². The molecule has 0 spiro atoms. The third-order valence-corrected chi connectivity index (χ3v) is 9.94. The van der Waals surface area contributed by atoms with Crippen LogP contribution in [0.1, 0.15) is 139 Å². The lowest BCUT2D eigenvalue weighted by molar-refractivity contribution is -0.141. The van der Waals surface area contributed by atoms with Crippen molar-refractivity contribution in [1.29, 1.82) is 0 Å². The van der Waals surface area contributed by atoms with Gasteiger partial charge in [0.2, 0.25) is 0 Å². The Morgan fingerprint density at radius 3 is 1.29 bits per heavy atom. The van der Waals surface area contributed by atoms with Gasteiger partial charge in [0, 0.05) is 38.5 Å². The van der Waals surface area contributed by atoms with Gasteiger partial charge >= 0.3 is 0 Å². The number of thioether (sulfide) groups is 2. The smallest absolute Gasteiger partial charge is 0.152 e. The number of rotatable bonds is 11. The Labute approximate surface area is 283 Å². The van der Waals surface area contributed by atoms with Crippen molar-refractivity contribution in [1.82, 2.24) is 0 Å². The van der Waals surface area contributed by atoms with Crippen LogP contribution in [0.3, 0.4) is 0 Å². The number of hydrogen-bond acceptors (Lipinski definition) is 7. The molecule has 0 fully saturated rings. The van der Waals surface area contributed by atoms with Gasteiger partial charge in [0.1, 0.15) is 18.1 Å². The predicted molar refractivity (Wildman–Crippen MR) is 193 cm³/mol. The number of ether oxygens (including phenoxy) is 2. The summed E-state index contributed by atoms with van der Waals surface area (Å²) < 4.78 is 12.1. The summed E-state index contributed by atoms with van der Waals surface area (Å²) in [6.45, 7) is 34.2. The Morgan fingerprint density at radius 2 is 0.978 bits per heavy atom. The highest BCUT2D eigenvalue weighted by molar-refractivity contribution is 8.18. The molecule has 0 saturated heterocycles. The summed E-state index contributed by atoms with van der Waals surface area (Å²) in [5.74, 6) is 1.25. The summed E-state index contributed by atoms with van der Waals surface area (Å²) in [7, 11) is 0. The van der Waals surface area contributed by atoms with Crippen molar-refractivity contribution in [3.05, 3.63) is 46.5 Å². The third kappa shape index (κ3) is 11.7. The van der Waals surface area contributed by atoms with Gasteiger partial charge in [-0.25, -0.2) is 0 Å². The van der Waals surface area contributed by atoms with E-state index in [-0.39, 0.29) is 32.3 Å². The highest BCUT2D eigenvalue weighted by Crippen LogP contribution is 2.51. The fourth-order valence-electron chi connectivity index (χ4n) is 5.33. The SMILES string of the molecule is CC(O)CC(COc1c(C(C)(C)C)cc(SC(C)(C)Sc2cc(C(C)(C)C)c(O)c(C(C)(C)C)c2)cc1C(C)(C)C)OC(C)O. The van der Waals surface area contributed by atoms with Gasteiger partial charge in [0.15, 0.2) is 6.29 Å². The predicted octanol–water partition coefficient (Wildman–Crippen LogP) is 10.1. The molecule has 0 amide bonds. The van der Waals surface area contributed by atoms with Gasteiger partial charge in [0.05, 0.1) is 16.3 Å². The van der Waals surface area contributed by atoms with Crippen LogP contribution >= 0.6 is 23.5 Å². The molecule has 0 bridgehead atoms. The van der Waals surface area contributed by atoms with Crippen LogP contribution in [-0.4, -0.2) is 44.5 Å². The van der Waals surface area contributed by atoms with Crippen molar-refractivity contribution in [2.24, 2.45) is 0 Å².